The van der Waals surface area contributed by atoms with E-state index < -0.39 is 5.97 Å². The Bertz CT molecular complexity index is 391. The topological polar surface area (TPSA) is 98.3 Å². The molecule has 0 aliphatic rings. The van der Waals surface area contributed by atoms with E-state index in [0.717, 1.165) is 0 Å². The summed E-state index contributed by atoms with van der Waals surface area (Å²) in [6.07, 6.45) is 3.36. The molecule has 1 aromatic rings. The SMILES string of the molecule is CC(CNC(=O)N(C)Cc1ncc[nH]1)CC(=O)O. The Kier molecular flexibility index (Phi) is 5.16. The number of nitrogens with zero attached hydrogens (tertiary/aromatic N) is 2. The lowest BCUT2D eigenvalue weighted by atomic mass is 10.1. The highest BCUT2D eigenvalue weighted by atomic mass is 16.4. The number of carboxylic acid groups (broad SMARTS) is 1. The second-order valence-corrected chi connectivity index (χ2v) is 4.28. The van der Waals surface area contributed by atoms with Crippen LogP contribution in [0.2, 0.25) is 0 Å². The number of carboxylic acids is 1. The van der Waals surface area contributed by atoms with Crippen molar-refractivity contribution in [1.29, 1.82) is 0 Å². The first-order valence-corrected chi connectivity index (χ1v) is 5.68. The zero-order valence-corrected chi connectivity index (χ0v) is 10.5. The number of aliphatic carboxylic acids is 1. The first-order chi connectivity index (χ1) is 8.49. The van der Waals surface area contributed by atoms with Crippen molar-refractivity contribution in [3.05, 3.63) is 18.2 Å². The number of aromatic nitrogens is 2. The van der Waals surface area contributed by atoms with Crippen LogP contribution in [0, 0.1) is 5.92 Å². The molecule has 0 radical (unpaired) electrons. The lowest BCUT2D eigenvalue weighted by molar-refractivity contribution is -0.137. The van der Waals surface area contributed by atoms with E-state index in [2.05, 4.69) is 15.3 Å². The summed E-state index contributed by atoms with van der Waals surface area (Å²) in [5.41, 5.74) is 0. The molecule has 0 aliphatic heterocycles. The summed E-state index contributed by atoms with van der Waals surface area (Å²) in [7, 11) is 1.65. The maximum absolute atomic E-state index is 11.7. The van der Waals surface area contributed by atoms with E-state index >= 15 is 0 Å². The van der Waals surface area contributed by atoms with Gasteiger partial charge in [-0.25, -0.2) is 9.78 Å². The summed E-state index contributed by atoms with van der Waals surface area (Å²) in [4.78, 5) is 30.5. The Hall–Kier alpha value is -2.05. The number of H-pyrrole nitrogens is 1. The van der Waals surface area contributed by atoms with Crippen LogP contribution in [0.1, 0.15) is 19.2 Å². The van der Waals surface area contributed by atoms with E-state index in [1.807, 2.05) is 0 Å². The lowest BCUT2D eigenvalue weighted by Gasteiger charge is -2.18. The molecule has 3 N–H and O–H groups in total. The molecule has 1 aromatic heterocycles. The van der Waals surface area contributed by atoms with Crippen LogP contribution in [0.25, 0.3) is 0 Å². The predicted octanol–water partition coefficient (Wildman–Crippen LogP) is 0.662. The fraction of sp³-hybridized carbons (Fsp3) is 0.545. The van der Waals surface area contributed by atoms with Gasteiger partial charge in [0.1, 0.15) is 5.82 Å². The Morgan fingerprint density at radius 2 is 2.33 bits per heavy atom. The Morgan fingerprint density at radius 3 is 2.89 bits per heavy atom. The second-order valence-electron chi connectivity index (χ2n) is 4.28. The Balaban J connectivity index is 2.29. The van der Waals surface area contributed by atoms with Gasteiger partial charge in [0, 0.05) is 32.4 Å². The van der Waals surface area contributed by atoms with Gasteiger partial charge in [0.15, 0.2) is 0 Å². The molecule has 0 aromatic carbocycles. The van der Waals surface area contributed by atoms with Crippen LogP contribution in [-0.4, -0.2) is 45.6 Å². The van der Waals surface area contributed by atoms with E-state index in [4.69, 9.17) is 5.11 Å². The zero-order chi connectivity index (χ0) is 13.5. The number of hydrogen-bond donors (Lipinski definition) is 3. The summed E-state index contributed by atoms with van der Waals surface area (Å²) in [6, 6.07) is -0.247. The molecule has 0 fully saturated rings. The molecular weight excluding hydrogens is 236 g/mol. The van der Waals surface area contributed by atoms with Crippen molar-refractivity contribution in [3.63, 3.8) is 0 Å². The van der Waals surface area contributed by atoms with E-state index in [9.17, 15) is 9.59 Å². The van der Waals surface area contributed by atoms with E-state index in [0.29, 0.717) is 18.9 Å². The highest BCUT2D eigenvalue weighted by Gasteiger charge is 2.12. The largest absolute Gasteiger partial charge is 0.481 e. The molecule has 1 unspecified atom stereocenters. The Morgan fingerprint density at radius 1 is 1.61 bits per heavy atom. The van der Waals surface area contributed by atoms with Crippen LogP contribution in [0.5, 0.6) is 0 Å². The van der Waals surface area contributed by atoms with Crippen molar-refractivity contribution in [3.8, 4) is 0 Å². The van der Waals surface area contributed by atoms with Crippen LogP contribution >= 0.6 is 0 Å². The fourth-order valence-corrected chi connectivity index (χ4v) is 1.45. The minimum absolute atomic E-state index is 0.0438. The van der Waals surface area contributed by atoms with Gasteiger partial charge in [-0.1, -0.05) is 6.92 Å². The number of nitrogens with one attached hydrogen (secondary N) is 2. The lowest BCUT2D eigenvalue weighted by Crippen LogP contribution is -2.39. The maximum atomic E-state index is 11.7. The molecule has 0 saturated carbocycles. The van der Waals surface area contributed by atoms with Crippen molar-refractivity contribution < 1.29 is 14.7 Å². The van der Waals surface area contributed by atoms with Gasteiger partial charge in [-0.05, 0) is 5.92 Å². The third kappa shape index (κ3) is 4.86. The molecule has 0 bridgehead atoms. The van der Waals surface area contributed by atoms with Gasteiger partial charge in [0.05, 0.1) is 6.54 Å². The molecule has 0 aliphatic carbocycles. The van der Waals surface area contributed by atoms with Crippen LogP contribution < -0.4 is 5.32 Å². The summed E-state index contributed by atoms with van der Waals surface area (Å²) < 4.78 is 0. The zero-order valence-electron chi connectivity index (χ0n) is 10.5. The number of imidazole rings is 1. The molecule has 7 nitrogen and oxygen atoms in total. The van der Waals surface area contributed by atoms with Gasteiger partial charge in [-0.15, -0.1) is 0 Å². The molecule has 2 amide bonds. The molecular formula is C11H18N4O3. The molecule has 1 atom stereocenters. The van der Waals surface area contributed by atoms with Crippen molar-refractivity contribution in [2.45, 2.75) is 19.9 Å². The average Bonchev–Trinajstić information content (AvgIpc) is 2.77. The summed E-state index contributed by atoms with van der Waals surface area (Å²) >= 11 is 0. The van der Waals surface area contributed by atoms with Crippen molar-refractivity contribution in [2.75, 3.05) is 13.6 Å². The Labute approximate surface area is 105 Å². The number of carbonyl (C=O) groups is 2. The van der Waals surface area contributed by atoms with Gasteiger partial charge in [0.25, 0.3) is 0 Å². The van der Waals surface area contributed by atoms with E-state index in [1.54, 1.807) is 26.4 Å². The van der Waals surface area contributed by atoms with Crippen LogP contribution in [0.3, 0.4) is 0 Å². The normalized spacial score (nSPS) is 11.9. The van der Waals surface area contributed by atoms with Crippen LogP contribution in [0.4, 0.5) is 4.79 Å². The molecule has 1 rings (SSSR count). The smallest absolute Gasteiger partial charge is 0.317 e. The molecule has 1 heterocycles. The summed E-state index contributed by atoms with van der Waals surface area (Å²) in [5, 5.41) is 11.3. The van der Waals surface area contributed by atoms with Gasteiger partial charge in [-0.3, -0.25) is 4.79 Å². The molecule has 18 heavy (non-hydrogen) atoms. The minimum Gasteiger partial charge on any atom is -0.481 e. The standard InChI is InChI=1S/C11H18N4O3/c1-8(5-10(16)17)6-14-11(18)15(2)7-9-12-3-4-13-9/h3-4,8H,5-7H2,1-2H3,(H,12,13)(H,14,18)(H,16,17). The number of rotatable bonds is 6. The number of hydrogen-bond acceptors (Lipinski definition) is 3. The van der Waals surface area contributed by atoms with Crippen molar-refractivity contribution >= 4 is 12.0 Å². The van der Waals surface area contributed by atoms with Gasteiger partial charge in [-0.2, -0.15) is 0 Å². The molecule has 0 saturated heterocycles. The minimum atomic E-state index is -0.860. The summed E-state index contributed by atoms with van der Waals surface area (Å²) in [6.45, 7) is 2.50. The second kappa shape index (κ2) is 6.63. The number of urea groups is 1. The number of amides is 2. The van der Waals surface area contributed by atoms with Gasteiger partial charge in [0.2, 0.25) is 0 Å². The highest BCUT2D eigenvalue weighted by Crippen LogP contribution is 2.01. The molecule has 0 spiro atoms. The van der Waals surface area contributed by atoms with E-state index in [-0.39, 0.29) is 18.4 Å². The average molecular weight is 254 g/mol. The van der Waals surface area contributed by atoms with Crippen LogP contribution in [-0.2, 0) is 11.3 Å². The third-order valence-corrected chi connectivity index (χ3v) is 2.41. The highest BCUT2D eigenvalue weighted by molar-refractivity contribution is 5.73. The van der Waals surface area contributed by atoms with Crippen molar-refractivity contribution in [2.24, 2.45) is 5.92 Å². The first-order valence-electron chi connectivity index (χ1n) is 5.68. The van der Waals surface area contributed by atoms with Crippen LogP contribution in [0.15, 0.2) is 12.4 Å². The van der Waals surface area contributed by atoms with Gasteiger partial charge >= 0.3 is 12.0 Å². The van der Waals surface area contributed by atoms with Crippen molar-refractivity contribution in [1.82, 2.24) is 20.2 Å². The first kappa shape index (κ1) is 14.0. The number of carbonyl (C=O) groups excluding carboxylic acids is 1. The van der Waals surface area contributed by atoms with E-state index in [1.165, 1.54) is 4.90 Å². The quantitative estimate of drug-likeness (QED) is 0.694. The maximum Gasteiger partial charge on any atom is 0.317 e. The third-order valence-electron chi connectivity index (χ3n) is 2.41. The van der Waals surface area contributed by atoms with Gasteiger partial charge < -0.3 is 20.3 Å². The predicted molar refractivity (Wildman–Crippen MR) is 64.9 cm³/mol. The summed E-state index contributed by atoms with van der Waals surface area (Å²) in [5.74, 6) is -0.254. The molecule has 7 heteroatoms. The fourth-order valence-electron chi connectivity index (χ4n) is 1.45. The molecule has 100 valence electrons. The number of aromatic amines is 1. The monoisotopic (exact) mass is 254 g/mol.